The smallest absolute Gasteiger partial charge is 0.234 e. The van der Waals surface area contributed by atoms with Gasteiger partial charge in [0, 0.05) is 21.2 Å². The van der Waals surface area contributed by atoms with Gasteiger partial charge in [-0.2, -0.15) is 0 Å². The minimum atomic E-state index is -0.0302. The van der Waals surface area contributed by atoms with E-state index in [1.54, 1.807) is 0 Å². The molecule has 0 aliphatic carbocycles. The van der Waals surface area contributed by atoms with Crippen LogP contribution in [0.2, 0.25) is 0 Å². The normalized spacial score (nSPS) is 10.6. The summed E-state index contributed by atoms with van der Waals surface area (Å²) in [5.74, 6) is 0.668. The number of carbonyl (C=O) groups excluding carboxylic acids is 2. The summed E-state index contributed by atoms with van der Waals surface area (Å²) in [6.07, 6.45) is 0. The molecule has 2 N–H and O–H groups in total. The highest BCUT2D eigenvalue weighted by Crippen LogP contribution is 2.29. The van der Waals surface area contributed by atoms with E-state index in [9.17, 15) is 9.59 Å². The zero-order valence-electron chi connectivity index (χ0n) is 20.3. The minimum absolute atomic E-state index is 0.0265. The number of benzene rings is 4. The highest BCUT2D eigenvalue weighted by Gasteiger charge is 2.10. The quantitative estimate of drug-likeness (QED) is 0.229. The number of carbonyl (C=O) groups is 2. The molecule has 0 bridgehead atoms. The maximum atomic E-state index is 12.4. The second-order valence-corrected chi connectivity index (χ2v) is 10.5. The van der Waals surface area contributed by atoms with Crippen LogP contribution in [0.25, 0.3) is 11.1 Å². The van der Waals surface area contributed by atoms with Crippen molar-refractivity contribution in [1.82, 2.24) is 0 Å². The van der Waals surface area contributed by atoms with Gasteiger partial charge in [-0.25, -0.2) is 0 Å². The summed E-state index contributed by atoms with van der Waals surface area (Å²) in [5, 5.41) is 6.01. The number of nitrogens with one attached hydrogen (secondary N) is 2. The average Bonchev–Trinajstić information content (AvgIpc) is 2.89. The Morgan fingerprint density at radius 3 is 1.78 bits per heavy atom. The number of anilines is 2. The van der Waals surface area contributed by atoms with Crippen LogP contribution in [0, 0.1) is 13.8 Å². The van der Waals surface area contributed by atoms with Crippen LogP contribution in [0.15, 0.2) is 107 Å². The first kappa shape index (κ1) is 25.6. The van der Waals surface area contributed by atoms with E-state index in [4.69, 9.17) is 0 Å². The Labute approximate surface area is 220 Å². The van der Waals surface area contributed by atoms with E-state index in [0.29, 0.717) is 11.5 Å². The van der Waals surface area contributed by atoms with Crippen LogP contribution in [0.3, 0.4) is 0 Å². The van der Waals surface area contributed by atoms with Crippen LogP contribution in [0.4, 0.5) is 11.4 Å². The van der Waals surface area contributed by atoms with Crippen molar-refractivity contribution in [3.63, 3.8) is 0 Å². The van der Waals surface area contributed by atoms with Crippen molar-refractivity contribution in [3.05, 3.63) is 108 Å². The molecule has 0 aliphatic rings. The van der Waals surface area contributed by atoms with Crippen LogP contribution in [0.1, 0.15) is 11.1 Å². The summed E-state index contributed by atoms with van der Waals surface area (Å²) in [7, 11) is 0. The maximum absolute atomic E-state index is 12.4. The van der Waals surface area contributed by atoms with Crippen molar-refractivity contribution in [2.45, 2.75) is 23.6 Å². The van der Waals surface area contributed by atoms with E-state index in [1.807, 2.05) is 105 Å². The molecule has 36 heavy (non-hydrogen) atoms. The minimum Gasteiger partial charge on any atom is -0.325 e. The van der Waals surface area contributed by atoms with Crippen molar-refractivity contribution in [2.75, 3.05) is 22.1 Å². The van der Waals surface area contributed by atoms with E-state index in [0.717, 1.165) is 43.4 Å². The number of thioether (sulfide) groups is 2. The van der Waals surface area contributed by atoms with Gasteiger partial charge < -0.3 is 10.6 Å². The number of hydrogen-bond acceptors (Lipinski definition) is 4. The van der Waals surface area contributed by atoms with Gasteiger partial charge in [-0.1, -0.05) is 48.5 Å². The molecular formula is C30H28N2O2S2. The second kappa shape index (κ2) is 12.5. The first-order valence-electron chi connectivity index (χ1n) is 11.6. The van der Waals surface area contributed by atoms with Crippen molar-refractivity contribution < 1.29 is 9.59 Å². The SMILES string of the molecule is Cc1cc(-c2ccc(NC(=O)CSc3ccccc3)cc2C)ccc1NC(=O)CSc1ccccc1. The lowest BCUT2D eigenvalue weighted by atomic mass is 9.98. The van der Waals surface area contributed by atoms with Gasteiger partial charge in [-0.05, 0) is 84.6 Å². The summed E-state index contributed by atoms with van der Waals surface area (Å²) in [4.78, 5) is 27.0. The molecule has 0 radical (unpaired) electrons. The molecule has 6 heteroatoms. The molecular weight excluding hydrogens is 484 g/mol. The number of rotatable bonds is 9. The Morgan fingerprint density at radius 1 is 0.639 bits per heavy atom. The van der Waals surface area contributed by atoms with E-state index in [-0.39, 0.29) is 11.8 Å². The summed E-state index contributed by atoms with van der Waals surface area (Å²) < 4.78 is 0. The Balaban J connectivity index is 1.35. The van der Waals surface area contributed by atoms with Gasteiger partial charge in [0.25, 0.3) is 0 Å². The Morgan fingerprint density at radius 2 is 1.22 bits per heavy atom. The molecule has 4 nitrogen and oxygen atoms in total. The third kappa shape index (κ3) is 7.26. The van der Waals surface area contributed by atoms with Gasteiger partial charge in [0.1, 0.15) is 0 Å². The molecule has 0 fully saturated rings. The summed E-state index contributed by atoms with van der Waals surface area (Å²) >= 11 is 3.04. The lowest BCUT2D eigenvalue weighted by molar-refractivity contribution is -0.114. The van der Waals surface area contributed by atoms with Gasteiger partial charge in [0.2, 0.25) is 11.8 Å². The lowest BCUT2D eigenvalue weighted by Crippen LogP contribution is -2.14. The highest BCUT2D eigenvalue weighted by atomic mass is 32.2. The molecule has 0 atom stereocenters. The van der Waals surface area contributed by atoms with Gasteiger partial charge in [0.05, 0.1) is 11.5 Å². The van der Waals surface area contributed by atoms with E-state index >= 15 is 0 Å². The molecule has 0 saturated carbocycles. The third-order valence-electron chi connectivity index (χ3n) is 5.55. The fourth-order valence-electron chi connectivity index (χ4n) is 3.75. The van der Waals surface area contributed by atoms with Gasteiger partial charge >= 0.3 is 0 Å². The van der Waals surface area contributed by atoms with Crippen LogP contribution in [-0.2, 0) is 9.59 Å². The first-order chi connectivity index (χ1) is 17.5. The van der Waals surface area contributed by atoms with Crippen LogP contribution < -0.4 is 10.6 Å². The lowest BCUT2D eigenvalue weighted by Gasteiger charge is -2.13. The largest absolute Gasteiger partial charge is 0.325 e. The Hall–Kier alpha value is -3.48. The van der Waals surface area contributed by atoms with Crippen LogP contribution in [0.5, 0.6) is 0 Å². The van der Waals surface area contributed by atoms with Gasteiger partial charge in [-0.15, -0.1) is 23.5 Å². The van der Waals surface area contributed by atoms with E-state index in [2.05, 4.69) is 16.7 Å². The number of amides is 2. The molecule has 4 aromatic rings. The van der Waals surface area contributed by atoms with Gasteiger partial charge in [-0.3, -0.25) is 9.59 Å². The molecule has 182 valence electrons. The highest BCUT2D eigenvalue weighted by molar-refractivity contribution is 8.00. The summed E-state index contributed by atoms with van der Waals surface area (Å²) in [6, 6.07) is 31.8. The molecule has 0 heterocycles. The Kier molecular flexibility index (Phi) is 8.87. The molecule has 0 unspecified atom stereocenters. The topological polar surface area (TPSA) is 58.2 Å². The van der Waals surface area contributed by atoms with Gasteiger partial charge in [0.15, 0.2) is 0 Å². The summed E-state index contributed by atoms with van der Waals surface area (Å²) in [5.41, 5.74) is 5.83. The van der Waals surface area contributed by atoms with Crippen molar-refractivity contribution in [2.24, 2.45) is 0 Å². The zero-order valence-corrected chi connectivity index (χ0v) is 21.9. The van der Waals surface area contributed by atoms with E-state index < -0.39 is 0 Å². The number of hydrogen-bond donors (Lipinski definition) is 2. The predicted octanol–water partition coefficient (Wildman–Crippen LogP) is 7.43. The monoisotopic (exact) mass is 512 g/mol. The average molecular weight is 513 g/mol. The molecule has 0 aromatic heterocycles. The maximum Gasteiger partial charge on any atom is 0.234 e. The predicted molar refractivity (Wildman–Crippen MR) is 153 cm³/mol. The molecule has 0 saturated heterocycles. The van der Waals surface area contributed by atoms with Crippen molar-refractivity contribution >= 4 is 46.7 Å². The van der Waals surface area contributed by atoms with E-state index in [1.165, 1.54) is 23.5 Å². The fraction of sp³-hybridized carbons (Fsp3) is 0.133. The summed E-state index contributed by atoms with van der Waals surface area (Å²) in [6.45, 7) is 4.04. The molecule has 4 rings (SSSR count). The van der Waals surface area contributed by atoms with Crippen LogP contribution in [-0.4, -0.2) is 23.3 Å². The third-order valence-corrected chi connectivity index (χ3v) is 7.57. The molecule has 0 spiro atoms. The number of aryl methyl sites for hydroxylation is 2. The molecule has 0 aliphatic heterocycles. The van der Waals surface area contributed by atoms with Crippen molar-refractivity contribution in [1.29, 1.82) is 0 Å². The van der Waals surface area contributed by atoms with Crippen LogP contribution >= 0.6 is 23.5 Å². The standard InChI is InChI=1S/C30H28N2O2S2/c1-21-18-24(31-29(33)19-35-25-9-5-3-6-10-25)14-15-27(21)23-13-16-28(22(2)17-23)32-30(34)20-36-26-11-7-4-8-12-26/h3-18H,19-20H2,1-2H3,(H,31,33)(H,32,34). The zero-order chi connectivity index (χ0) is 25.3. The first-order valence-corrected chi connectivity index (χ1v) is 13.6. The Bertz CT molecular complexity index is 1340. The van der Waals surface area contributed by atoms with Crippen molar-refractivity contribution in [3.8, 4) is 11.1 Å². The fourth-order valence-corrected chi connectivity index (χ4v) is 5.19. The second-order valence-electron chi connectivity index (χ2n) is 8.36. The molecule has 2 amide bonds. The molecule has 4 aromatic carbocycles.